The van der Waals surface area contributed by atoms with E-state index < -0.39 is 8.32 Å². The Balaban J connectivity index is 2.57. The fraction of sp³-hybridized carbons (Fsp3) is 0.700. The summed E-state index contributed by atoms with van der Waals surface area (Å²) in [5.74, 6) is 0.337. The molecule has 0 bridgehead atoms. The van der Waals surface area contributed by atoms with E-state index in [2.05, 4.69) is 39.0 Å². The first-order chi connectivity index (χ1) is 6.72. The predicted octanol–water partition coefficient (Wildman–Crippen LogP) is 2.78. The van der Waals surface area contributed by atoms with Gasteiger partial charge in [0.1, 0.15) is 5.69 Å². The highest BCUT2D eigenvalue weighted by atomic mass is 28.4. The highest BCUT2D eigenvalue weighted by molar-refractivity contribution is 6.74. The second-order valence-electron chi connectivity index (χ2n) is 5.27. The van der Waals surface area contributed by atoms with Gasteiger partial charge in [0, 0.05) is 6.07 Å². The number of anilines is 1. The van der Waals surface area contributed by atoms with Crippen LogP contribution in [0.1, 0.15) is 26.5 Å². The van der Waals surface area contributed by atoms with Gasteiger partial charge in [-0.15, -0.1) is 0 Å². The Hall–Kier alpha value is -0.813. The minimum Gasteiger partial charge on any atom is -0.411 e. The summed E-state index contributed by atoms with van der Waals surface area (Å²) < 4.78 is 10.7. The van der Waals surface area contributed by atoms with E-state index in [4.69, 9.17) is 14.7 Å². The SMILES string of the molecule is CC(C)(C)[Si](C)(C)OCc1cc(N)on1. The van der Waals surface area contributed by atoms with Gasteiger partial charge in [0.2, 0.25) is 5.88 Å². The van der Waals surface area contributed by atoms with Crippen molar-refractivity contribution in [3.8, 4) is 0 Å². The van der Waals surface area contributed by atoms with E-state index in [0.717, 1.165) is 5.69 Å². The standard InChI is InChI=1S/C10H20N2O2Si/c1-10(2,3)15(4,5)13-7-8-6-9(11)14-12-8/h6H,7,11H2,1-5H3. The van der Waals surface area contributed by atoms with Gasteiger partial charge in [-0.05, 0) is 18.1 Å². The van der Waals surface area contributed by atoms with Crippen LogP contribution in [0.25, 0.3) is 0 Å². The van der Waals surface area contributed by atoms with E-state index in [9.17, 15) is 0 Å². The summed E-state index contributed by atoms with van der Waals surface area (Å²) in [6, 6.07) is 1.70. The number of nitrogens with zero attached hydrogens (tertiary/aromatic N) is 1. The summed E-state index contributed by atoms with van der Waals surface area (Å²) in [4.78, 5) is 0. The maximum Gasteiger partial charge on any atom is 0.222 e. The Morgan fingerprint density at radius 3 is 2.47 bits per heavy atom. The molecule has 0 aromatic carbocycles. The molecule has 0 aliphatic carbocycles. The molecule has 0 amide bonds. The Morgan fingerprint density at radius 1 is 1.47 bits per heavy atom. The van der Waals surface area contributed by atoms with E-state index in [1.807, 2.05) is 0 Å². The molecule has 15 heavy (non-hydrogen) atoms. The van der Waals surface area contributed by atoms with Crippen LogP contribution in [0.4, 0.5) is 5.88 Å². The summed E-state index contributed by atoms with van der Waals surface area (Å²) in [7, 11) is -1.70. The van der Waals surface area contributed by atoms with Gasteiger partial charge < -0.3 is 14.7 Å². The van der Waals surface area contributed by atoms with Crippen molar-refractivity contribution in [3.63, 3.8) is 0 Å². The second kappa shape index (κ2) is 3.98. The molecule has 1 aromatic rings. The molecule has 0 unspecified atom stereocenters. The molecule has 0 fully saturated rings. The first-order valence-electron chi connectivity index (χ1n) is 5.07. The monoisotopic (exact) mass is 228 g/mol. The van der Waals surface area contributed by atoms with E-state index >= 15 is 0 Å². The Kier molecular flexibility index (Phi) is 3.25. The van der Waals surface area contributed by atoms with E-state index in [1.165, 1.54) is 0 Å². The van der Waals surface area contributed by atoms with E-state index in [1.54, 1.807) is 6.07 Å². The zero-order chi connectivity index (χ0) is 11.7. The highest BCUT2D eigenvalue weighted by Gasteiger charge is 2.37. The molecular weight excluding hydrogens is 208 g/mol. The van der Waals surface area contributed by atoms with Crippen LogP contribution in [-0.2, 0) is 11.0 Å². The molecule has 0 aliphatic rings. The lowest BCUT2D eigenvalue weighted by Crippen LogP contribution is -2.40. The lowest BCUT2D eigenvalue weighted by Gasteiger charge is -2.35. The van der Waals surface area contributed by atoms with Crippen LogP contribution in [0.5, 0.6) is 0 Å². The van der Waals surface area contributed by atoms with Crippen molar-refractivity contribution in [1.82, 2.24) is 5.16 Å². The van der Waals surface area contributed by atoms with Crippen LogP contribution in [0.2, 0.25) is 18.1 Å². The molecule has 86 valence electrons. The Bertz CT molecular complexity index is 328. The number of aromatic nitrogens is 1. The summed E-state index contributed by atoms with van der Waals surface area (Å²) in [6.07, 6.45) is 0. The molecule has 0 radical (unpaired) electrons. The molecule has 0 saturated heterocycles. The van der Waals surface area contributed by atoms with Crippen molar-refractivity contribution in [2.45, 2.75) is 45.5 Å². The van der Waals surface area contributed by atoms with Crippen molar-refractivity contribution in [2.24, 2.45) is 0 Å². The quantitative estimate of drug-likeness (QED) is 0.808. The van der Waals surface area contributed by atoms with Gasteiger partial charge in [0.25, 0.3) is 0 Å². The average molecular weight is 228 g/mol. The fourth-order valence-corrected chi connectivity index (χ4v) is 1.81. The molecule has 0 spiro atoms. The van der Waals surface area contributed by atoms with E-state index in [-0.39, 0.29) is 5.04 Å². The summed E-state index contributed by atoms with van der Waals surface area (Å²) in [5.41, 5.74) is 6.19. The van der Waals surface area contributed by atoms with Crippen molar-refractivity contribution in [2.75, 3.05) is 5.73 Å². The van der Waals surface area contributed by atoms with Gasteiger partial charge in [0.05, 0.1) is 6.61 Å². The minimum absolute atomic E-state index is 0.211. The van der Waals surface area contributed by atoms with Crippen LogP contribution < -0.4 is 5.73 Å². The Morgan fingerprint density at radius 2 is 2.07 bits per heavy atom. The van der Waals surface area contributed by atoms with E-state index in [0.29, 0.717) is 12.5 Å². The smallest absolute Gasteiger partial charge is 0.222 e. The fourth-order valence-electron chi connectivity index (χ4n) is 0.867. The van der Waals surface area contributed by atoms with Gasteiger partial charge in [0.15, 0.2) is 8.32 Å². The van der Waals surface area contributed by atoms with Gasteiger partial charge in [-0.3, -0.25) is 0 Å². The third-order valence-corrected chi connectivity index (χ3v) is 7.44. The zero-order valence-electron chi connectivity index (χ0n) is 10.1. The molecule has 0 aliphatic heterocycles. The molecule has 1 rings (SSSR count). The van der Waals surface area contributed by atoms with Gasteiger partial charge in [-0.25, -0.2) is 0 Å². The second-order valence-corrected chi connectivity index (χ2v) is 10.1. The first kappa shape index (κ1) is 12.3. The summed E-state index contributed by atoms with van der Waals surface area (Å²) >= 11 is 0. The summed E-state index contributed by atoms with van der Waals surface area (Å²) in [6.45, 7) is 11.5. The maximum absolute atomic E-state index is 5.95. The molecule has 1 aromatic heterocycles. The van der Waals surface area contributed by atoms with Crippen molar-refractivity contribution in [1.29, 1.82) is 0 Å². The predicted molar refractivity (Wildman–Crippen MR) is 62.9 cm³/mol. The van der Waals surface area contributed by atoms with Crippen LogP contribution in [0.15, 0.2) is 10.6 Å². The summed E-state index contributed by atoms with van der Waals surface area (Å²) in [5, 5.41) is 4.01. The van der Waals surface area contributed by atoms with Crippen LogP contribution in [-0.4, -0.2) is 13.5 Å². The minimum atomic E-state index is -1.70. The molecule has 5 heteroatoms. The lowest BCUT2D eigenvalue weighted by atomic mass is 10.2. The largest absolute Gasteiger partial charge is 0.411 e. The molecule has 1 heterocycles. The van der Waals surface area contributed by atoms with Crippen LogP contribution >= 0.6 is 0 Å². The Labute approximate surface area is 91.9 Å². The molecule has 2 N–H and O–H groups in total. The molecule has 0 atom stereocenters. The van der Waals surface area contributed by atoms with Crippen molar-refractivity contribution in [3.05, 3.63) is 11.8 Å². The lowest BCUT2D eigenvalue weighted by molar-refractivity contribution is 0.264. The number of nitrogen functional groups attached to an aromatic ring is 1. The third-order valence-electron chi connectivity index (χ3n) is 2.96. The highest BCUT2D eigenvalue weighted by Crippen LogP contribution is 2.36. The first-order valence-corrected chi connectivity index (χ1v) is 7.98. The van der Waals surface area contributed by atoms with Crippen LogP contribution in [0, 0.1) is 0 Å². The average Bonchev–Trinajstić information content (AvgIpc) is 2.46. The topological polar surface area (TPSA) is 61.3 Å². The van der Waals surface area contributed by atoms with Gasteiger partial charge in [-0.1, -0.05) is 25.9 Å². The zero-order valence-corrected chi connectivity index (χ0v) is 11.1. The number of nitrogens with two attached hydrogens (primary N) is 1. The normalized spacial score (nSPS) is 13.1. The molecular formula is C10H20N2O2Si. The van der Waals surface area contributed by atoms with Crippen molar-refractivity contribution >= 4 is 14.2 Å². The number of hydrogen-bond donors (Lipinski definition) is 1. The molecule has 4 nitrogen and oxygen atoms in total. The molecule has 0 saturated carbocycles. The number of hydrogen-bond acceptors (Lipinski definition) is 4. The van der Waals surface area contributed by atoms with Gasteiger partial charge in [-0.2, -0.15) is 0 Å². The maximum atomic E-state index is 5.95. The van der Waals surface area contributed by atoms with Gasteiger partial charge >= 0.3 is 0 Å². The third kappa shape index (κ3) is 3.07. The number of rotatable bonds is 3. The van der Waals surface area contributed by atoms with Crippen LogP contribution in [0.3, 0.4) is 0 Å². The van der Waals surface area contributed by atoms with Crippen molar-refractivity contribution < 1.29 is 8.95 Å².